The number of nitrogens with one attached hydrogen (secondary N) is 1. The van der Waals surface area contributed by atoms with Crippen LogP contribution in [-0.4, -0.2) is 24.7 Å². The van der Waals surface area contributed by atoms with Crippen molar-refractivity contribution < 1.29 is 4.74 Å². The minimum Gasteiger partial charge on any atom is -0.378 e. The Labute approximate surface area is 85.6 Å². The zero-order chi connectivity index (χ0) is 9.10. The Kier molecular flexibility index (Phi) is 2.93. The molecule has 3 nitrogen and oxygen atoms in total. The third-order valence-electron chi connectivity index (χ3n) is 2.09. The lowest BCUT2D eigenvalue weighted by molar-refractivity contribution is 0.0766. The van der Waals surface area contributed by atoms with Crippen LogP contribution < -0.4 is 5.32 Å². The van der Waals surface area contributed by atoms with E-state index in [4.69, 9.17) is 4.74 Å². The average molecular weight is 243 g/mol. The fourth-order valence-electron chi connectivity index (χ4n) is 1.41. The van der Waals surface area contributed by atoms with Gasteiger partial charge in [0.1, 0.15) is 0 Å². The normalized spacial score (nSPS) is 23.0. The van der Waals surface area contributed by atoms with Gasteiger partial charge in [-0.25, -0.2) is 0 Å². The number of ether oxygens (including phenoxy) is 1. The van der Waals surface area contributed by atoms with E-state index in [1.165, 1.54) is 5.56 Å². The first kappa shape index (κ1) is 9.12. The average Bonchev–Trinajstić information content (AvgIpc) is 2.20. The van der Waals surface area contributed by atoms with Crippen LogP contribution in [0.5, 0.6) is 0 Å². The molecule has 2 rings (SSSR count). The highest BCUT2D eigenvalue weighted by Crippen LogP contribution is 2.23. The zero-order valence-corrected chi connectivity index (χ0v) is 8.75. The van der Waals surface area contributed by atoms with Crippen LogP contribution in [0.25, 0.3) is 0 Å². The molecule has 13 heavy (non-hydrogen) atoms. The maximum atomic E-state index is 5.38. The third-order valence-corrected chi connectivity index (χ3v) is 2.82. The summed E-state index contributed by atoms with van der Waals surface area (Å²) in [7, 11) is 0. The first-order valence-electron chi connectivity index (χ1n) is 4.28. The van der Waals surface area contributed by atoms with Crippen LogP contribution in [0, 0.1) is 0 Å². The van der Waals surface area contributed by atoms with Gasteiger partial charge in [0, 0.05) is 29.0 Å². The molecule has 1 aromatic rings. The first-order valence-corrected chi connectivity index (χ1v) is 5.08. The predicted octanol–water partition coefficient (Wildman–Crippen LogP) is 1.50. The molecular formula is C9H11BrN2O. The molecule has 4 heteroatoms. The van der Waals surface area contributed by atoms with E-state index >= 15 is 0 Å². The Morgan fingerprint density at radius 2 is 2.54 bits per heavy atom. The van der Waals surface area contributed by atoms with E-state index in [-0.39, 0.29) is 6.04 Å². The summed E-state index contributed by atoms with van der Waals surface area (Å²) < 4.78 is 6.47. The van der Waals surface area contributed by atoms with Gasteiger partial charge in [-0.2, -0.15) is 0 Å². The van der Waals surface area contributed by atoms with Crippen LogP contribution in [0.3, 0.4) is 0 Å². The van der Waals surface area contributed by atoms with Crippen molar-refractivity contribution in [3.05, 3.63) is 28.5 Å². The molecule has 0 amide bonds. The molecule has 1 N–H and O–H groups in total. The summed E-state index contributed by atoms with van der Waals surface area (Å²) in [6.07, 6.45) is 3.65. The van der Waals surface area contributed by atoms with Gasteiger partial charge in [-0.15, -0.1) is 0 Å². The van der Waals surface area contributed by atoms with Gasteiger partial charge in [-0.3, -0.25) is 4.98 Å². The summed E-state index contributed by atoms with van der Waals surface area (Å²) in [5.41, 5.74) is 1.17. The first-order chi connectivity index (χ1) is 6.38. The van der Waals surface area contributed by atoms with E-state index in [1.54, 1.807) is 6.20 Å². The molecule has 2 heterocycles. The summed E-state index contributed by atoms with van der Waals surface area (Å²) in [4.78, 5) is 4.10. The number of hydrogen-bond acceptors (Lipinski definition) is 3. The monoisotopic (exact) mass is 242 g/mol. The molecule has 1 aliphatic heterocycles. The Bertz CT molecular complexity index is 287. The molecule has 1 unspecified atom stereocenters. The molecule has 1 aliphatic rings. The number of morpholine rings is 1. The standard InChI is InChI=1S/C9H11BrN2O/c10-8-1-2-11-5-7(8)9-6-13-4-3-12-9/h1-2,5,9,12H,3-4,6H2. The molecule has 0 aliphatic carbocycles. The maximum Gasteiger partial charge on any atom is 0.0663 e. The Balaban J connectivity index is 2.18. The Morgan fingerprint density at radius 1 is 1.62 bits per heavy atom. The second kappa shape index (κ2) is 4.17. The van der Waals surface area contributed by atoms with Gasteiger partial charge in [0.05, 0.1) is 19.3 Å². The van der Waals surface area contributed by atoms with Crippen LogP contribution >= 0.6 is 15.9 Å². The highest BCUT2D eigenvalue weighted by molar-refractivity contribution is 9.10. The maximum absolute atomic E-state index is 5.38. The number of pyridine rings is 1. The van der Waals surface area contributed by atoms with Gasteiger partial charge < -0.3 is 10.1 Å². The highest BCUT2D eigenvalue weighted by Gasteiger charge is 2.17. The fourth-order valence-corrected chi connectivity index (χ4v) is 1.91. The molecule has 1 fully saturated rings. The largest absolute Gasteiger partial charge is 0.378 e. The van der Waals surface area contributed by atoms with Crippen LogP contribution in [0.2, 0.25) is 0 Å². The van der Waals surface area contributed by atoms with Crippen molar-refractivity contribution in [2.45, 2.75) is 6.04 Å². The van der Waals surface area contributed by atoms with Crippen molar-refractivity contribution in [2.24, 2.45) is 0 Å². The second-order valence-electron chi connectivity index (χ2n) is 2.98. The van der Waals surface area contributed by atoms with Crippen molar-refractivity contribution in [3.8, 4) is 0 Å². The smallest absolute Gasteiger partial charge is 0.0663 e. The second-order valence-corrected chi connectivity index (χ2v) is 3.83. The number of halogens is 1. The van der Waals surface area contributed by atoms with Crippen molar-refractivity contribution in [3.63, 3.8) is 0 Å². The molecule has 0 spiro atoms. The molecule has 0 bridgehead atoms. The number of hydrogen-bond donors (Lipinski definition) is 1. The summed E-state index contributed by atoms with van der Waals surface area (Å²) in [6.45, 7) is 2.44. The topological polar surface area (TPSA) is 34.1 Å². The molecule has 70 valence electrons. The minimum atomic E-state index is 0.275. The Hall–Kier alpha value is -0.450. The summed E-state index contributed by atoms with van der Waals surface area (Å²) >= 11 is 3.50. The predicted molar refractivity (Wildman–Crippen MR) is 53.5 cm³/mol. The van der Waals surface area contributed by atoms with E-state index in [2.05, 4.69) is 26.2 Å². The number of nitrogens with zero attached hydrogens (tertiary/aromatic N) is 1. The molecule has 0 saturated carbocycles. The van der Waals surface area contributed by atoms with Gasteiger partial charge in [0.15, 0.2) is 0 Å². The lowest BCUT2D eigenvalue weighted by Crippen LogP contribution is -2.34. The molecule has 1 saturated heterocycles. The SMILES string of the molecule is Brc1ccncc1C1COCCN1. The minimum absolute atomic E-state index is 0.275. The Morgan fingerprint density at radius 3 is 3.23 bits per heavy atom. The van der Waals surface area contributed by atoms with Crippen LogP contribution in [0.15, 0.2) is 22.9 Å². The molecular weight excluding hydrogens is 232 g/mol. The van der Waals surface area contributed by atoms with Gasteiger partial charge in [0.25, 0.3) is 0 Å². The summed E-state index contributed by atoms with van der Waals surface area (Å²) in [5, 5.41) is 3.38. The lowest BCUT2D eigenvalue weighted by atomic mass is 10.1. The van der Waals surface area contributed by atoms with Gasteiger partial charge in [-0.05, 0) is 6.07 Å². The third kappa shape index (κ3) is 2.07. The van der Waals surface area contributed by atoms with Crippen molar-refractivity contribution >= 4 is 15.9 Å². The van der Waals surface area contributed by atoms with Gasteiger partial charge in [0.2, 0.25) is 0 Å². The van der Waals surface area contributed by atoms with Crippen molar-refractivity contribution in [1.82, 2.24) is 10.3 Å². The van der Waals surface area contributed by atoms with Crippen molar-refractivity contribution in [1.29, 1.82) is 0 Å². The molecule has 1 aromatic heterocycles. The van der Waals surface area contributed by atoms with Gasteiger partial charge >= 0.3 is 0 Å². The molecule has 0 aromatic carbocycles. The summed E-state index contributed by atoms with van der Waals surface area (Å²) in [5.74, 6) is 0. The van der Waals surface area contributed by atoms with Crippen LogP contribution in [-0.2, 0) is 4.74 Å². The van der Waals surface area contributed by atoms with E-state index in [0.29, 0.717) is 0 Å². The summed E-state index contributed by atoms with van der Waals surface area (Å²) in [6, 6.07) is 2.22. The lowest BCUT2D eigenvalue weighted by Gasteiger charge is -2.24. The number of aromatic nitrogens is 1. The highest BCUT2D eigenvalue weighted by atomic mass is 79.9. The zero-order valence-electron chi connectivity index (χ0n) is 7.16. The number of rotatable bonds is 1. The van der Waals surface area contributed by atoms with Gasteiger partial charge in [-0.1, -0.05) is 15.9 Å². The van der Waals surface area contributed by atoms with E-state index in [9.17, 15) is 0 Å². The van der Waals surface area contributed by atoms with Crippen molar-refractivity contribution in [2.75, 3.05) is 19.8 Å². The molecule has 0 radical (unpaired) electrons. The van der Waals surface area contributed by atoms with Crippen LogP contribution in [0.1, 0.15) is 11.6 Å². The van der Waals surface area contributed by atoms with E-state index in [1.807, 2.05) is 12.3 Å². The fraction of sp³-hybridized carbons (Fsp3) is 0.444. The van der Waals surface area contributed by atoms with E-state index < -0.39 is 0 Å². The van der Waals surface area contributed by atoms with E-state index in [0.717, 1.165) is 24.2 Å². The molecule has 1 atom stereocenters. The quantitative estimate of drug-likeness (QED) is 0.811. The van der Waals surface area contributed by atoms with Crippen LogP contribution in [0.4, 0.5) is 0 Å².